The van der Waals surface area contributed by atoms with E-state index in [0.717, 1.165) is 61.5 Å². The Morgan fingerprint density at radius 3 is 0.733 bits per heavy atom. The van der Waals surface area contributed by atoms with E-state index in [4.69, 9.17) is 154 Å². The molecule has 20 atom stereocenters. The van der Waals surface area contributed by atoms with Crippen LogP contribution >= 0.6 is 0 Å². The summed E-state index contributed by atoms with van der Waals surface area (Å²) in [5, 5.41) is 0. The molecule has 8 aliphatic rings. The highest BCUT2D eigenvalue weighted by atomic mass is 16.6. The lowest BCUT2D eigenvalue weighted by Crippen LogP contribution is -2.51. The van der Waals surface area contributed by atoms with Gasteiger partial charge in [0.2, 0.25) is 0 Å². The summed E-state index contributed by atoms with van der Waals surface area (Å²) in [7, 11) is 0.396. The van der Waals surface area contributed by atoms with Crippen molar-refractivity contribution in [2.45, 2.75) is 260 Å². The number of nitrogens with zero attached hydrogens (tertiary/aromatic N) is 4. The Bertz CT molecular complexity index is 6450. The van der Waals surface area contributed by atoms with Gasteiger partial charge in [0.1, 0.15) is 48.5 Å². The minimum Gasteiger partial charge on any atom is -0.493 e. The van der Waals surface area contributed by atoms with E-state index in [1.165, 1.54) is 28.4 Å². The molecule has 24 nitrogen and oxygen atoms in total. The Kier molecular flexibility index (Phi) is 16.2. The van der Waals surface area contributed by atoms with Crippen molar-refractivity contribution in [2.24, 2.45) is 93.9 Å². The molecule has 4 fully saturated rings. The zero-order valence-corrected chi connectivity index (χ0v) is 70.5. The van der Waals surface area contributed by atoms with Crippen molar-refractivity contribution in [1.29, 1.82) is 0 Å². The number of rotatable bonds is 28. The lowest BCUT2D eigenvalue weighted by molar-refractivity contribution is -0.161. The SMILES string of the molecule is [2H]c1c(OC)c(OC([2H])([2H])[2H])c([2H])c2c1C1CC([2H])(OC(=O)[C@@H](N)C(C)C)C(C([2H])([2H])C([2H])(C)C([2H])([2H])[2H])CN1C([2H])([2H])C2([2H])[2H].[2H]c1c(OC)c(OC([2H])([2H])[2H])c([2H])c2c1C1CC([2H])(OC(=O)[C@@H](N)C(C)C)C(C([2H])([2H])C([2H])(C)C([2H])([2H])[2H])CN1C([2H])([2H])C2([2H])[2H].[2H]c1c(OC)c(OC)c([2H])c2c1C1CC([2H])(OC(=O)[C@@H](N)C(C)C)C(C([2H])([2H])C([2H])(C)C([2H])([2H])[2H])CN1C([2H])([2H])C2([2H])[2H].[2H]c1c(OC)c(OC)c([2H])c2c1C1CC([2H])(OC(=O)[C@@H](N)C(C)C)C(C([2H])([2H])C([2H])(C)C([2H])([2H])[2H])CN1C([2H])([2H])C2([2H])[2H]. The van der Waals surface area contributed by atoms with Gasteiger partial charge < -0.3 is 79.8 Å². The van der Waals surface area contributed by atoms with Crippen molar-refractivity contribution < 1.29 is 156 Å². The van der Waals surface area contributed by atoms with Crippen LogP contribution in [0.5, 0.6) is 46.0 Å². The van der Waals surface area contributed by atoms with Crippen LogP contribution in [0.1, 0.15) is 310 Å². The monoisotopic (exact) mass is 1730 g/mol. The molecule has 0 spiro atoms. The average Bonchev–Trinajstić information content (AvgIpc) is 0.687. The summed E-state index contributed by atoms with van der Waals surface area (Å²) in [6.07, 6.45) is -39.5. The van der Waals surface area contributed by atoms with Gasteiger partial charge in [-0.15, -0.1) is 0 Å². The summed E-state index contributed by atoms with van der Waals surface area (Å²) in [5.74, 6) is -30.7. The molecule has 16 unspecified atom stereocenters. The number of fused-ring (bicyclic) bond motifs is 12. The van der Waals surface area contributed by atoms with Crippen LogP contribution in [-0.2, 0) is 63.6 Å². The number of methoxy groups -OCH3 is 8. The van der Waals surface area contributed by atoms with Gasteiger partial charge in [-0.25, -0.2) is 0 Å². The van der Waals surface area contributed by atoms with Crippen molar-refractivity contribution in [2.75, 3.05) is 109 Å². The third kappa shape index (κ3) is 23.8. The first-order chi connectivity index (χ1) is 79.4. The fraction of sp³-hybridized carbons (Fsp3) is 0.708. The van der Waals surface area contributed by atoms with Gasteiger partial charge in [-0.3, -0.25) is 38.8 Å². The normalized spacial score (nSPS) is 40.9. The molecule has 0 saturated carbocycles. The van der Waals surface area contributed by atoms with E-state index >= 15 is 0 Å². The van der Waals surface area contributed by atoms with Crippen LogP contribution in [-0.4, -0.2) is 201 Å². The van der Waals surface area contributed by atoms with Gasteiger partial charge in [0.05, 0.1) is 81.4 Å². The molecule has 8 aliphatic heterocycles. The highest BCUT2D eigenvalue weighted by Crippen LogP contribution is 2.50. The summed E-state index contributed by atoms with van der Waals surface area (Å²) < 4.78 is 557. The summed E-state index contributed by atoms with van der Waals surface area (Å²) in [5.41, 5.74) is 19.7. The second kappa shape index (κ2) is 43.9. The molecule has 0 radical (unpaired) electrons. The fourth-order valence-electron chi connectivity index (χ4n) is 13.7. The number of hydrogen-bond acceptors (Lipinski definition) is 24. The molecule has 8 N–H and O–H groups in total. The minimum absolute atomic E-state index is 0.257. The number of ether oxygens (including phenoxy) is 12. The topological polar surface area (TPSA) is 296 Å². The van der Waals surface area contributed by atoms with Crippen molar-refractivity contribution in [3.63, 3.8) is 0 Å². The van der Waals surface area contributed by atoms with Crippen LogP contribution in [0.2, 0.25) is 0 Å². The number of carbonyl (C=O) groups is 4. The fourth-order valence-corrected chi connectivity index (χ4v) is 13.7. The zero-order valence-electron chi connectivity index (χ0n) is 129. The van der Waals surface area contributed by atoms with Crippen LogP contribution in [0.15, 0.2) is 48.3 Å². The number of esters is 4. The first kappa shape index (κ1) is 44.1. The second-order valence-corrected chi connectivity index (χ2v) is 30.6. The van der Waals surface area contributed by atoms with Crippen LogP contribution < -0.4 is 60.8 Å². The highest BCUT2D eigenvalue weighted by molar-refractivity contribution is 5.77. The molecule has 0 bridgehead atoms. The van der Waals surface area contributed by atoms with E-state index in [1.54, 1.807) is 55.4 Å². The van der Waals surface area contributed by atoms with Gasteiger partial charge in [0, 0.05) is 181 Å². The maximum atomic E-state index is 13.2. The first-order valence-electron chi connectivity index (χ1n) is 67.7. The lowest BCUT2D eigenvalue weighted by atomic mass is 9.79. The van der Waals surface area contributed by atoms with Crippen molar-refractivity contribution in [3.8, 4) is 46.0 Å². The standard InChI is InChI=1S/4C24H38N2O4/c4*1-14(2)9-17-13-26-8-7-16-10-21(28-5)22(29-6)11-18(16)19(26)12-20(17)30-24(27)23(25)15(3)4/h4*10-11,14-15,17,19-20,23H,7-9,12-13,25H2,1-6H3/t4*17?,19?,20?,23-/m0000/s1/i2*1D3,5D3,7D2,8D2,9D2,10D,11D,14D,20D;2*1D3,7D2,8D2,9D2,10D,11D,14D,20D/t4*14?,17?,19?,20?,23-. The molecule has 0 aromatic heterocycles. The number of benzene rings is 4. The van der Waals surface area contributed by atoms with E-state index < -0.39 is 442 Å². The van der Waals surface area contributed by atoms with Crippen molar-refractivity contribution in [1.82, 2.24) is 19.6 Å². The molecule has 4 aromatic rings. The Morgan fingerprint density at radius 1 is 0.367 bits per heavy atom. The summed E-state index contributed by atoms with van der Waals surface area (Å²) in [4.78, 5) is 55.7. The Balaban J connectivity index is 0.000000259. The van der Waals surface area contributed by atoms with Crippen LogP contribution in [0, 0.1) is 70.9 Å². The highest BCUT2D eigenvalue weighted by Gasteiger charge is 2.47. The van der Waals surface area contributed by atoms with Crippen molar-refractivity contribution >= 4 is 23.9 Å². The molecular formula is C96H152N8O16. The Morgan fingerprint density at radius 2 is 0.558 bits per heavy atom. The van der Waals surface area contributed by atoms with E-state index in [-0.39, 0.29) is 34.1 Å². The summed E-state index contributed by atoms with van der Waals surface area (Å²) in [6, 6.07) is -16.9. The van der Waals surface area contributed by atoms with E-state index in [1.807, 2.05) is 0 Å². The molecular weight excluding hydrogens is 1520 g/mol. The first-order valence-corrected chi connectivity index (χ1v) is 38.7. The molecule has 4 aromatic carbocycles. The quantitative estimate of drug-likeness (QED) is 0.0303. The second-order valence-electron chi connectivity index (χ2n) is 30.6. The van der Waals surface area contributed by atoms with Crippen LogP contribution in [0.4, 0.5) is 0 Å². The molecule has 120 heavy (non-hydrogen) atoms. The van der Waals surface area contributed by atoms with Gasteiger partial charge in [-0.05, 0) is 191 Å². The Labute approximate surface area is 800 Å². The van der Waals surface area contributed by atoms with Crippen LogP contribution in [0.3, 0.4) is 0 Å². The number of carbonyl (C=O) groups excluding carboxylic acids is 4. The van der Waals surface area contributed by atoms with Crippen molar-refractivity contribution in [3.05, 3.63) is 92.8 Å². The average molecular weight is 1730 g/mol. The van der Waals surface area contributed by atoms with Crippen LogP contribution in [0.25, 0.3) is 0 Å². The molecule has 0 aliphatic carbocycles. The molecule has 8 heterocycles. The summed E-state index contributed by atoms with van der Waals surface area (Å²) in [6.45, 7) is -13.5. The van der Waals surface area contributed by atoms with E-state index in [0.29, 0.717) is 0 Å². The molecule has 4 saturated heterocycles. The maximum absolute atomic E-state index is 13.2. The number of piperidine rings is 4. The lowest BCUT2D eigenvalue weighted by Gasteiger charge is -2.47. The third-order valence-electron chi connectivity index (χ3n) is 20.5. The van der Waals surface area contributed by atoms with Gasteiger partial charge in [-0.2, -0.15) is 0 Å². The largest absolute Gasteiger partial charge is 0.493 e. The third-order valence-corrected chi connectivity index (χ3v) is 20.5. The zero-order chi connectivity index (χ0) is 139. The molecule has 24 heteroatoms. The van der Waals surface area contributed by atoms with Gasteiger partial charge >= 0.3 is 23.9 Å². The number of nitrogens with two attached hydrogens (primary N) is 4. The van der Waals surface area contributed by atoms with E-state index in [2.05, 4.69) is 0 Å². The predicted molar refractivity (Wildman–Crippen MR) is 471 cm³/mol. The Hall–Kier alpha value is -7.16. The van der Waals surface area contributed by atoms with Gasteiger partial charge in [0.25, 0.3) is 0 Å². The predicted octanol–water partition coefficient (Wildman–Crippen LogP) is 14.3. The minimum atomic E-state index is -3.30. The summed E-state index contributed by atoms with van der Waals surface area (Å²) >= 11 is 0. The van der Waals surface area contributed by atoms with E-state index in [9.17, 15) is 24.7 Å². The molecule has 0 amide bonds. The molecule has 12 rings (SSSR count). The van der Waals surface area contributed by atoms with Gasteiger partial charge in [0.15, 0.2) is 46.0 Å². The smallest absolute Gasteiger partial charge is 0.323 e. The molecule has 672 valence electrons. The number of hydrogen-bond donors (Lipinski definition) is 4. The maximum Gasteiger partial charge on any atom is 0.323 e. The van der Waals surface area contributed by atoms with Gasteiger partial charge in [-0.1, -0.05) is 110 Å².